The molecule has 1 heterocycles. The maximum absolute atomic E-state index is 13.3. The topological polar surface area (TPSA) is 41.1 Å². The zero-order chi connectivity index (χ0) is 12.8. The predicted octanol–water partition coefficient (Wildman–Crippen LogP) is 1.48. The minimum atomic E-state index is -0.200. The molecule has 3 nitrogen and oxygen atoms in total. The second-order valence-electron chi connectivity index (χ2n) is 4.66. The molecule has 0 spiro atoms. The standard InChI is InChI=1S/C14H19FN2O/c15-13-4-2-1-3-11(13)7-10-17-14(18)12-5-8-16-9-6-12/h1-4,12,16H,5-10H2,(H,17,18). The van der Waals surface area contributed by atoms with Gasteiger partial charge in [-0.2, -0.15) is 0 Å². The minimum absolute atomic E-state index is 0.104. The highest BCUT2D eigenvalue weighted by molar-refractivity contribution is 5.78. The number of hydrogen-bond acceptors (Lipinski definition) is 2. The van der Waals surface area contributed by atoms with E-state index in [0.717, 1.165) is 25.9 Å². The van der Waals surface area contributed by atoms with Crippen LogP contribution in [0.25, 0.3) is 0 Å². The van der Waals surface area contributed by atoms with Crippen LogP contribution in [-0.4, -0.2) is 25.5 Å². The summed E-state index contributed by atoms with van der Waals surface area (Å²) in [4.78, 5) is 11.8. The molecule has 1 aliphatic heterocycles. The lowest BCUT2D eigenvalue weighted by atomic mass is 9.97. The van der Waals surface area contributed by atoms with Gasteiger partial charge in [0.1, 0.15) is 5.82 Å². The first-order valence-electron chi connectivity index (χ1n) is 6.49. The number of carbonyl (C=O) groups excluding carboxylic acids is 1. The van der Waals surface area contributed by atoms with Crippen LogP contribution in [0.4, 0.5) is 4.39 Å². The van der Waals surface area contributed by atoms with Crippen LogP contribution >= 0.6 is 0 Å². The van der Waals surface area contributed by atoms with Gasteiger partial charge in [-0.15, -0.1) is 0 Å². The third-order valence-electron chi connectivity index (χ3n) is 3.36. The zero-order valence-electron chi connectivity index (χ0n) is 10.4. The third kappa shape index (κ3) is 3.53. The molecule has 98 valence electrons. The molecule has 18 heavy (non-hydrogen) atoms. The fourth-order valence-electron chi connectivity index (χ4n) is 2.25. The Morgan fingerprint density at radius 2 is 2.06 bits per heavy atom. The molecule has 0 bridgehead atoms. The summed E-state index contributed by atoms with van der Waals surface area (Å²) in [6, 6.07) is 6.69. The average Bonchev–Trinajstić information content (AvgIpc) is 2.42. The van der Waals surface area contributed by atoms with Gasteiger partial charge in [-0.25, -0.2) is 4.39 Å². The lowest BCUT2D eigenvalue weighted by Gasteiger charge is -2.21. The number of benzene rings is 1. The summed E-state index contributed by atoms with van der Waals surface area (Å²) in [6.07, 6.45) is 2.33. The van der Waals surface area contributed by atoms with Crippen LogP contribution in [-0.2, 0) is 11.2 Å². The monoisotopic (exact) mass is 250 g/mol. The van der Waals surface area contributed by atoms with Crippen LogP contribution in [0.1, 0.15) is 18.4 Å². The van der Waals surface area contributed by atoms with E-state index in [4.69, 9.17) is 0 Å². The van der Waals surface area contributed by atoms with Gasteiger partial charge in [0.25, 0.3) is 0 Å². The number of piperidine rings is 1. The van der Waals surface area contributed by atoms with Gasteiger partial charge < -0.3 is 10.6 Å². The summed E-state index contributed by atoms with van der Waals surface area (Å²) >= 11 is 0. The van der Waals surface area contributed by atoms with Crippen molar-refractivity contribution in [1.82, 2.24) is 10.6 Å². The maximum Gasteiger partial charge on any atom is 0.223 e. The Morgan fingerprint density at radius 1 is 1.33 bits per heavy atom. The first-order valence-corrected chi connectivity index (χ1v) is 6.49. The molecule has 0 aliphatic carbocycles. The van der Waals surface area contributed by atoms with Gasteiger partial charge in [0.2, 0.25) is 5.91 Å². The Balaban J connectivity index is 1.75. The quantitative estimate of drug-likeness (QED) is 0.850. The van der Waals surface area contributed by atoms with Crippen molar-refractivity contribution < 1.29 is 9.18 Å². The smallest absolute Gasteiger partial charge is 0.223 e. The Kier molecular flexibility index (Phi) is 4.70. The number of carbonyl (C=O) groups is 1. The molecule has 1 amide bonds. The lowest BCUT2D eigenvalue weighted by Crippen LogP contribution is -2.38. The van der Waals surface area contributed by atoms with Crippen LogP contribution in [0.3, 0.4) is 0 Å². The van der Waals surface area contributed by atoms with Gasteiger partial charge in [0.15, 0.2) is 0 Å². The molecule has 0 unspecified atom stereocenters. The average molecular weight is 250 g/mol. The van der Waals surface area contributed by atoms with Crippen molar-refractivity contribution in [2.45, 2.75) is 19.3 Å². The van der Waals surface area contributed by atoms with Crippen LogP contribution in [0.15, 0.2) is 24.3 Å². The molecule has 0 saturated carbocycles. The van der Waals surface area contributed by atoms with E-state index in [0.29, 0.717) is 18.5 Å². The second kappa shape index (κ2) is 6.50. The Morgan fingerprint density at radius 3 is 2.78 bits per heavy atom. The van der Waals surface area contributed by atoms with Crippen molar-refractivity contribution in [2.24, 2.45) is 5.92 Å². The molecule has 1 aromatic rings. The summed E-state index contributed by atoms with van der Waals surface area (Å²) in [5.41, 5.74) is 0.656. The first-order chi connectivity index (χ1) is 8.77. The van der Waals surface area contributed by atoms with Crippen LogP contribution in [0, 0.1) is 11.7 Å². The molecule has 2 rings (SSSR count). The van der Waals surface area contributed by atoms with Crippen molar-refractivity contribution in [3.05, 3.63) is 35.6 Å². The molecule has 1 fully saturated rings. The molecule has 1 aromatic carbocycles. The number of halogens is 1. The maximum atomic E-state index is 13.3. The van der Waals surface area contributed by atoms with Crippen molar-refractivity contribution in [3.63, 3.8) is 0 Å². The van der Waals surface area contributed by atoms with Crippen LogP contribution in [0.5, 0.6) is 0 Å². The number of amides is 1. The van der Waals surface area contributed by atoms with E-state index in [-0.39, 0.29) is 17.6 Å². The lowest BCUT2D eigenvalue weighted by molar-refractivity contribution is -0.125. The highest BCUT2D eigenvalue weighted by Gasteiger charge is 2.20. The number of hydrogen-bond donors (Lipinski definition) is 2. The van der Waals surface area contributed by atoms with E-state index < -0.39 is 0 Å². The van der Waals surface area contributed by atoms with Crippen LogP contribution in [0.2, 0.25) is 0 Å². The molecule has 1 aliphatic rings. The van der Waals surface area contributed by atoms with Gasteiger partial charge in [0.05, 0.1) is 0 Å². The van der Waals surface area contributed by atoms with Gasteiger partial charge in [-0.1, -0.05) is 18.2 Å². The largest absolute Gasteiger partial charge is 0.356 e. The summed E-state index contributed by atoms with van der Waals surface area (Å²) in [7, 11) is 0. The third-order valence-corrected chi connectivity index (χ3v) is 3.36. The molecular formula is C14H19FN2O. The van der Waals surface area contributed by atoms with Crippen molar-refractivity contribution in [1.29, 1.82) is 0 Å². The van der Waals surface area contributed by atoms with E-state index in [9.17, 15) is 9.18 Å². The predicted molar refractivity (Wildman–Crippen MR) is 68.7 cm³/mol. The Bertz CT molecular complexity index is 403. The van der Waals surface area contributed by atoms with Gasteiger partial charge in [0, 0.05) is 12.5 Å². The van der Waals surface area contributed by atoms with E-state index in [1.807, 2.05) is 6.07 Å². The SMILES string of the molecule is O=C(NCCc1ccccc1F)C1CCNCC1. The Hall–Kier alpha value is -1.42. The van der Waals surface area contributed by atoms with Crippen LogP contribution < -0.4 is 10.6 Å². The fourth-order valence-corrected chi connectivity index (χ4v) is 2.25. The van der Waals surface area contributed by atoms with E-state index in [1.165, 1.54) is 6.07 Å². The normalized spacial score (nSPS) is 16.5. The van der Waals surface area contributed by atoms with E-state index in [1.54, 1.807) is 12.1 Å². The van der Waals surface area contributed by atoms with E-state index >= 15 is 0 Å². The number of rotatable bonds is 4. The molecule has 0 aromatic heterocycles. The van der Waals surface area contributed by atoms with E-state index in [2.05, 4.69) is 10.6 Å². The second-order valence-corrected chi connectivity index (χ2v) is 4.66. The van der Waals surface area contributed by atoms with Crippen molar-refractivity contribution in [3.8, 4) is 0 Å². The highest BCUT2D eigenvalue weighted by atomic mass is 19.1. The van der Waals surface area contributed by atoms with Gasteiger partial charge in [-0.05, 0) is 44.0 Å². The van der Waals surface area contributed by atoms with Crippen molar-refractivity contribution in [2.75, 3.05) is 19.6 Å². The fraction of sp³-hybridized carbons (Fsp3) is 0.500. The molecule has 0 atom stereocenters. The molecular weight excluding hydrogens is 231 g/mol. The number of nitrogens with one attached hydrogen (secondary N) is 2. The summed E-state index contributed by atoms with van der Waals surface area (Å²) in [5.74, 6) is 0.0216. The van der Waals surface area contributed by atoms with Crippen molar-refractivity contribution >= 4 is 5.91 Å². The van der Waals surface area contributed by atoms with Gasteiger partial charge >= 0.3 is 0 Å². The molecule has 4 heteroatoms. The first kappa shape index (κ1) is 13.0. The summed E-state index contributed by atoms with van der Waals surface area (Å²) in [5, 5.41) is 6.12. The minimum Gasteiger partial charge on any atom is -0.356 e. The van der Waals surface area contributed by atoms with Gasteiger partial charge in [-0.3, -0.25) is 4.79 Å². The molecule has 1 saturated heterocycles. The summed E-state index contributed by atoms with van der Waals surface area (Å²) < 4.78 is 13.3. The highest BCUT2D eigenvalue weighted by Crippen LogP contribution is 2.11. The Labute approximate surface area is 107 Å². The molecule has 0 radical (unpaired) electrons. The molecule has 2 N–H and O–H groups in total. The summed E-state index contributed by atoms with van der Waals surface area (Å²) in [6.45, 7) is 2.32. The zero-order valence-corrected chi connectivity index (χ0v) is 10.4.